The molecule has 0 aliphatic carbocycles. The van der Waals surface area contributed by atoms with Gasteiger partial charge in [0.25, 0.3) is 0 Å². The van der Waals surface area contributed by atoms with Crippen LogP contribution in [0.4, 0.5) is 0 Å². The minimum atomic E-state index is -0.270. The highest BCUT2D eigenvalue weighted by Gasteiger charge is 2.27. The first-order valence-electron chi connectivity index (χ1n) is 5.70. The van der Waals surface area contributed by atoms with E-state index in [2.05, 4.69) is 0 Å². The number of carbonyl (C=O) groups is 3. The Morgan fingerprint density at radius 1 is 1.11 bits per heavy atom. The molecule has 0 bridgehead atoms. The topological polar surface area (TPSA) is 54.5 Å². The summed E-state index contributed by atoms with van der Waals surface area (Å²) in [6.45, 7) is -0.181. The number of likely N-dealkylation sites (tertiary alicyclic amines) is 1. The molecule has 0 N–H and O–H groups in total. The van der Waals surface area contributed by atoms with Crippen molar-refractivity contribution in [3.63, 3.8) is 0 Å². The molecule has 1 fully saturated rings. The molecule has 0 atom stereocenters. The predicted octanol–water partition coefficient (Wildman–Crippen LogP) is 2.06. The quantitative estimate of drug-likeness (QED) is 0.621. The average Bonchev–Trinajstić information content (AvgIpc) is 2.34. The summed E-state index contributed by atoms with van der Waals surface area (Å²) in [5, 5.41) is 0.539. The fraction of sp³-hybridized carbons (Fsp3) is 0.308. The van der Waals surface area contributed by atoms with Crippen molar-refractivity contribution in [2.24, 2.45) is 0 Å². The molecule has 2 rings (SSSR count). The van der Waals surface area contributed by atoms with Crippen LogP contribution in [0.2, 0.25) is 5.02 Å². The summed E-state index contributed by atoms with van der Waals surface area (Å²) in [4.78, 5) is 36.1. The fourth-order valence-corrected chi connectivity index (χ4v) is 1.97. The van der Waals surface area contributed by atoms with Gasteiger partial charge in [-0.3, -0.25) is 19.3 Å². The molecule has 4 nitrogen and oxygen atoms in total. The van der Waals surface area contributed by atoms with Crippen LogP contribution in [0.5, 0.6) is 0 Å². The molecule has 0 saturated carbocycles. The zero-order valence-electron chi connectivity index (χ0n) is 9.69. The highest BCUT2D eigenvalue weighted by Crippen LogP contribution is 2.14. The number of hydrogen-bond acceptors (Lipinski definition) is 3. The number of Topliss-reactive ketones (excluding diaryl/α,β-unsaturated/α-hetero) is 1. The van der Waals surface area contributed by atoms with Crippen LogP contribution in [0, 0.1) is 0 Å². The maximum absolute atomic E-state index is 11.9. The summed E-state index contributed by atoms with van der Waals surface area (Å²) < 4.78 is 0. The van der Waals surface area contributed by atoms with Crippen LogP contribution in [-0.2, 0) is 9.59 Å². The molecule has 1 aliphatic heterocycles. The Hall–Kier alpha value is -1.68. The van der Waals surface area contributed by atoms with E-state index < -0.39 is 0 Å². The van der Waals surface area contributed by atoms with E-state index in [4.69, 9.17) is 11.6 Å². The van der Waals surface area contributed by atoms with Crippen LogP contribution in [0.1, 0.15) is 29.6 Å². The first-order valence-corrected chi connectivity index (χ1v) is 6.07. The monoisotopic (exact) mass is 265 g/mol. The molecular formula is C13H12ClNO3. The first-order chi connectivity index (χ1) is 8.58. The third-order valence-corrected chi connectivity index (χ3v) is 3.10. The molecule has 1 aliphatic rings. The Labute approximate surface area is 110 Å². The van der Waals surface area contributed by atoms with E-state index in [1.165, 1.54) is 0 Å². The summed E-state index contributed by atoms with van der Waals surface area (Å²) >= 11 is 5.72. The number of benzene rings is 1. The summed E-state index contributed by atoms with van der Waals surface area (Å²) in [5.41, 5.74) is 0.450. The Morgan fingerprint density at radius 2 is 1.67 bits per heavy atom. The molecule has 5 heteroatoms. The first kappa shape index (κ1) is 12.8. The van der Waals surface area contributed by atoms with Gasteiger partial charge in [0.2, 0.25) is 11.8 Å². The van der Waals surface area contributed by atoms with E-state index in [9.17, 15) is 14.4 Å². The highest BCUT2D eigenvalue weighted by atomic mass is 35.5. The summed E-state index contributed by atoms with van der Waals surface area (Å²) in [6.07, 6.45) is 1.24. The van der Waals surface area contributed by atoms with Gasteiger partial charge in [0.05, 0.1) is 6.54 Å². The SMILES string of the molecule is O=C(CN1C(=O)CCCC1=O)c1ccc(Cl)cc1. The van der Waals surface area contributed by atoms with Crippen molar-refractivity contribution in [1.82, 2.24) is 4.90 Å². The molecule has 0 aromatic heterocycles. The molecule has 1 heterocycles. The maximum Gasteiger partial charge on any atom is 0.229 e. The van der Waals surface area contributed by atoms with Gasteiger partial charge in [0.1, 0.15) is 0 Å². The third-order valence-electron chi connectivity index (χ3n) is 2.85. The second-order valence-electron chi connectivity index (χ2n) is 4.16. The molecule has 0 unspecified atom stereocenters. The number of rotatable bonds is 3. The predicted molar refractivity (Wildman–Crippen MR) is 66.4 cm³/mol. The summed E-state index contributed by atoms with van der Waals surface area (Å²) in [7, 11) is 0. The van der Waals surface area contributed by atoms with Gasteiger partial charge < -0.3 is 0 Å². The van der Waals surface area contributed by atoms with Crippen molar-refractivity contribution in [3.05, 3.63) is 34.9 Å². The van der Waals surface area contributed by atoms with E-state index in [-0.39, 0.29) is 24.1 Å². The highest BCUT2D eigenvalue weighted by molar-refractivity contribution is 6.30. The van der Waals surface area contributed by atoms with Gasteiger partial charge in [-0.05, 0) is 30.7 Å². The van der Waals surface area contributed by atoms with Crippen LogP contribution in [-0.4, -0.2) is 29.0 Å². The molecule has 18 heavy (non-hydrogen) atoms. The van der Waals surface area contributed by atoms with Gasteiger partial charge in [0.15, 0.2) is 5.78 Å². The lowest BCUT2D eigenvalue weighted by Gasteiger charge is -2.24. The van der Waals surface area contributed by atoms with Gasteiger partial charge in [-0.2, -0.15) is 0 Å². The molecule has 2 amide bonds. The van der Waals surface area contributed by atoms with Gasteiger partial charge in [-0.15, -0.1) is 0 Å². The Balaban J connectivity index is 2.08. The smallest absolute Gasteiger partial charge is 0.229 e. The van der Waals surface area contributed by atoms with Crippen molar-refractivity contribution in [3.8, 4) is 0 Å². The molecular weight excluding hydrogens is 254 g/mol. The average molecular weight is 266 g/mol. The number of amides is 2. The van der Waals surface area contributed by atoms with Crippen LogP contribution in [0.15, 0.2) is 24.3 Å². The molecule has 1 saturated heterocycles. The minimum absolute atomic E-state index is 0.181. The van der Waals surface area contributed by atoms with E-state index >= 15 is 0 Å². The van der Waals surface area contributed by atoms with Crippen molar-refractivity contribution < 1.29 is 14.4 Å². The molecule has 94 valence electrons. The second kappa shape index (κ2) is 5.31. The van der Waals surface area contributed by atoms with Gasteiger partial charge in [-0.25, -0.2) is 0 Å². The van der Waals surface area contributed by atoms with Gasteiger partial charge in [0, 0.05) is 23.4 Å². The van der Waals surface area contributed by atoms with E-state index in [0.717, 1.165) is 4.90 Å². The lowest BCUT2D eigenvalue weighted by molar-refractivity contribution is -0.147. The number of hydrogen-bond donors (Lipinski definition) is 0. The number of ketones is 1. The number of carbonyl (C=O) groups excluding carboxylic acids is 3. The summed E-state index contributed by atoms with van der Waals surface area (Å²) in [5.74, 6) is -0.794. The van der Waals surface area contributed by atoms with Crippen molar-refractivity contribution in [1.29, 1.82) is 0 Å². The van der Waals surface area contributed by atoms with E-state index in [0.29, 0.717) is 29.8 Å². The van der Waals surface area contributed by atoms with Crippen LogP contribution in [0.3, 0.4) is 0 Å². The Morgan fingerprint density at radius 3 is 2.22 bits per heavy atom. The molecule has 1 aromatic rings. The van der Waals surface area contributed by atoms with E-state index in [1.807, 2.05) is 0 Å². The fourth-order valence-electron chi connectivity index (χ4n) is 1.85. The maximum atomic E-state index is 11.9. The normalized spacial score (nSPS) is 15.9. The molecule has 0 spiro atoms. The van der Waals surface area contributed by atoms with Crippen molar-refractivity contribution in [2.45, 2.75) is 19.3 Å². The van der Waals surface area contributed by atoms with E-state index in [1.54, 1.807) is 24.3 Å². The Bertz CT molecular complexity index is 479. The van der Waals surface area contributed by atoms with Gasteiger partial charge >= 0.3 is 0 Å². The number of halogens is 1. The third kappa shape index (κ3) is 2.76. The lowest BCUT2D eigenvalue weighted by atomic mass is 10.1. The minimum Gasteiger partial charge on any atom is -0.292 e. The van der Waals surface area contributed by atoms with Gasteiger partial charge in [-0.1, -0.05) is 11.6 Å². The summed E-state index contributed by atoms with van der Waals surface area (Å²) in [6, 6.07) is 6.39. The Kier molecular flexibility index (Phi) is 3.77. The van der Waals surface area contributed by atoms with Crippen LogP contribution in [0.25, 0.3) is 0 Å². The standard InChI is InChI=1S/C13H12ClNO3/c14-10-6-4-9(5-7-10)11(16)8-15-12(17)2-1-3-13(15)18/h4-7H,1-3,8H2. The lowest BCUT2D eigenvalue weighted by Crippen LogP contribution is -2.43. The van der Waals surface area contributed by atoms with Crippen LogP contribution < -0.4 is 0 Å². The second-order valence-corrected chi connectivity index (χ2v) is 4.59. The zero-order chi connectivity index (χ0) is 13.1. The van der Waals surface area contributed by atoms with Crippen molar-refractivity contribution >= 4 is 29.2 Å². The number of imide groups is 1. The molecule has 1 aromatic carbocycles. The molecule has 0 radical (unpaired) electrons. The number of nitrogens with zero attached hydrogens (tertiary/aromatic N) is 1. The van der Waals surface area contributed by atoms with Crippen molar-refractivity contribution in [2.75, 3.05) is 6.54 Å². The largest absolute Gasteiger partial charge is 0.292 e. The van der Waals surface area contributed by atoms with Crippen LogP contribution >= 0.6 is 11.6 Å². The zero-order valence-corrected chi connectivity index (χ0v) is 10.4. The number of piperidine rings is 1.